The van der Waals surface area contributed by atoms with E-state index in [1.54, 1.807) is 0 Å². The van der Waals surface area contributed by atoms with Crippen LogP contribution in [-0.2, 0) is 10.0 Å². The molecule has 0 atom stereocenters. The Kier molecular flexibility index (Phi) is 4.27. The van der Waals surface area contributed by atoms with Gasteiger partial charge in [-0.1, -0.05) is 29.3 Å². The number of halogens is 4. The smallest absolute Gasteiger partial charge is 0.262 e. The van der Waals surface area contributed by atoms with E-state index in [2.05, 4.69) is 0 Å². The van der Waals surface area contributed by atoms with Crippen molar-refractivity contribution in [3.8, 4) is 0 Å². The summed E-state index contributed by atoms with van der Waals surface area (Å²) in [6.45, 7) is 0. The second kappa shape index (κ2) is 5.67. The first-order valence-corrected chi connectivity index (χ1v) is 7.67. The number of nitrogens with one attached hydrogen (secondary N) is 1. The zero-order valence-corrected chi connectivity index (χ0v) is 12.5. The van der Waals surface area contributed by atoms with Gasteiger partial charge >= 0.3 is 0 Å². The fourth-order valence-electron chi connectivity index (χ4n) is 1.50. The first-order valence-electron chi connectivity index (χ1n) is 5.43. The van der Waals surface area contributed by atoms with Gasteiger partial charge in [-0.3, -0.25) is 4.72 Å². The van der Waals surface area contributed by atoms with E-state index in [0.717, 1.165) is 24.3 Å². The van der Waals surface area contributed by atoms with E-state index in [1.165, 1.54) is 6.07 Å². The fraction of sp³-hybridized carbons (Fsp3) is 0. The van der Waals surface area contributed by atoms with Crippen LogP contribution in [0.1, 0.15) is 0 Å². The molecule has 2 aromatic rings. The molecule has 4 nitrogen and oxygen atoms in total. The number of rotatable bonds is 3. The van der Waals surface area contributed by atoms with Crippen molar-refractivity contribution in [2.75, 3.05) is 10.5 Å². The molecular formula is C12H8Cl2F2N2O2S. The molecule has 2 aromatic carbocycles. The lowest BCUT2D eigenvalue weighted by Gasteiger charge is -2.11. The molecule has 0 saturated heterocycles. The molecule has 112 valence electrons. The van der Waals surface area contributed by atoms with Gasteiger partial charge in [-0.2, -0.15) is 0 Å². The van der Waals surface area contributed by atoms with Crippen LogP contribution in [0.2, 0.25) is 10.0 Å². The molecule has 0 spiro atoms. The Morgan fingerprint density at radius 3 is 2.24 bits per heavy atom. The van der Waals surface area contributed by atoms with Crippen molar-refractivity contribution >= 4 is 44.6 Å². The summed E-state index contributed by atoms with van der Waals surface area (Å²) in [5, 5.41) is -0.134. The quantitative estimate of drug-likeness (QED) is 0.828. The minimum Gasteiger partial charge on any atom is -0.396 e. The summed E-state index contributed by atoms with van der Waals surface area (Å²) in [4.78, 5) is -0.324. The van der Waals surface area contributed by atoms with Crippen molar-refractivity contribution in [2.45, 2.75) is 4.90 Å². The SMILES string of the molecule is Nc1c(Cl)cc(S(=O)(=O)Nc2cccc(F)c2F)cc1Cl. The van der Waals surface area contributed by atoms with Crippen molar-refractivity contribution < 1.29 is 17.2 Å². The van der Waals surface area contributed by atoms with Gasteiger partial charge in [0.1, 0.15) is 0 Å². The van der Waals surface area contributed by atoms with Crippen molar-refractivity contribution in [1.82, 2.24) is 0 Å². The Balaban J connectivity index is 2.46. The van der Waals surface area contributed by atoms with Crippen LogP contribution in [0.5, 0.6) is 0 Å². The molecule has 0 aliphatic heterocycles. The number of hydrogen-bond acceptors (Lipinski definition) is 3. The first-order chi connectivity index (χ1) is 9.72. The molecule has 0 aliphatic carbocycles. The van der Waals surface area contributed by atoms with E-state index < -0.39 is 27.3 Å². The molecule has 0 aromatic heterocycles. The van der Waals surface area contributed by atoms with Gasteiger partial charge in [0.25, 0.3) is 10.0 Å². The van der Waals surface area contributed by atoms with E-state index in [1.807, 2.05) is 4.72 Å². The Bertz CT molecular complexity index is 790. The molecule has 3 N–H and O–H groups in total. The van der Waals surface area contributed by atoms with Crippen molar-refractivity contribution in [1.29, 1.82) is 0 Å². The lowest BCUT2D eigenvalue weighted by molar-refractivity contribution is 0.511. The van der Waals surface area contributed by atoms with Gasteiger partial charge in [0.05, 0.1) is 26.3 Å². The van der Waals surface area contributed by atoms with E-state index in [0.29, 0.717) is 0 Å². The molecule has 0 unspecified atom stereocenters. The van der Waals surface area contributed by atoms with Gasteiger partial charge in [-0.25, -0.2) is 17.2 Å². The summed E-state index contributed by atoms with van der Waals surface area (Å²) >= 11 is 11.5. The predicted molar refractivity (Wildman–Crippen MR) is 78.0 cm³/mol. The monoisotopic (exact) mass is 352 g/mol. The van der Waals surface area contributed by atoms with Crippen molar-refractivity contribution in [2.24, 2.45) is 0 Å². The van der Waals surface area contributed by atoms with Crippen LogP contribution in [0.25, 0.3) is 0 Å². The molecule has 0 amide bonds. The van der Waals surface area contributed by atoms with E-state index in [9.17, 15) is 17.2 Å². The molecule has 2 rings (SSSR count). The van der Waals surface area contributed by atoms with Crippen LogP contribution < -0.4 is 10.5 Å². The third-order valence-corrected chi connectivity index (χ3v) is 4.53. The summed E-state index contributed by atoms with van der Waals surface area (Å²) < 4.78 is 52.7. The maximum atomic E-state index is 13.5. The molecule has 0 bridgehead atoms. The topological polar surface area (TPSA) is 72.2 Å². The standard InChI is InChI=1S/C12H8Cl2F2N2O2S/c13-7-4-6(5-8(14)12(7)17)21(19,20)18-10-3-1-2-9(15)11(10)16/h1-5,18H,17H2. The largest absolute Gasteiger partial charge is 0.396 e. The fourth-order valence-corrected chi connectivity index (χ4v) is 3.23. The summed E-state index contributed by atoms with van der Waals surface area (Å²) in [5.41, 5.74) is 5.00. The highest BCUT2D eigenvalue weighted by Crippen LogP contribution is 2.31. The molecule has 21 heavy (non-hydrogen) atoms. The highest BCUT2D eigenvalue weighted by atomic mass is 35.5. The summed E-state index contributed by atoms with van der Waals surface area (Å²) in [7, 11) is -4.20. The van der Waals surface area contributed by atoms with E-state index in [4.69, 9.17) is 28.9 Å². The zero-order chi connectivity index (χ0) is 15.8. The third-order valence-electron chi connectivity index (χ3n) is 2.56. The van der Waals surface area contributed by atoms with Crippen LogP contribution in [0.3, 0.4) is 0 Å². The van der Waals surface area contributed by atoms with Crippen molar-refractivity contribution in [3.05, 3.63) is 52.0 Å². The van der Waals surface area contributed by atoms with Crippen LogP contribution in [0.4, 0.5) is 20.2 Å². The Morgan fingerprint density at radius 1 is 1.10 bits per heavy atom. The van der Waals surface area contributed by atoms with Crippen LogP contribution in [0.15, 0.2) is 35.2 Å². The Hall–Kier alpha value is -1.57. The summed E-state index contributed by atoms with van der Waals surface area (Å²) in [6.07, 6.45) is 0. The molecule has 0 fully saturated rings. The van der Waals surface area contributed by atoms with E-state index >= 15 is 0 Å². The molecule has 0 heterocycles. The minimum absolute atomic E-state index is 0.0224. The number of hydrogen-bond donors (Lipinski definition) is 2. The van der Waals surface area contributed by atoms with Gasteiger partial charge in [0.15, 0.2) is 11.6 Å². The van der Waals surface area contributed by atoms with Gasteiger partial charge in [0, 0.05) is 0 Å². The lowest BCUT2D eigenvalue weighted by Crippen LogP contribution is -2.14. The van der Waals surface area contributed by atoms with Crippen molar-refractivity contribution in [3.63, 3.8) is 0 Å². The molecular weight excluding hydrogens is 345 g/mol. The minimum atomic E-state index is -4.20. The zero-order valence-electron chi connectivity index (χ0n) is 10.2. The summed E-state index contributed by atoms with van der Waals surface area (Å²) in [5.74, 6) is -2.49. The van der Waals surface area contributed by atoms with Gasteiger partial charge < -0.3 is 5.73 Å². The highest BCUT2D eigenvalue weighted by molar-refractivity contribution is 7.92. The molecule has 9 heteroatoms. The van der Waals surface area contributed by atoms with E-state index in [-0.39, 0.29) is 20.6 Å². The van der Waals surface area contributed by atoms with Gasteiger partial charge in [0.2, 0.25) is 0 Å². The number of sulfonamides is 1. The second-order valence-corrected chi connectivity index (χ2v) is 6.50. The average molecular weight is 353 g/mol. The normalized spacial score (nSPS) is 11.4. The number of anilines is 2. The Labute approximate surface area is 129 Å². The number of benzene rings is 2. The highest BCUT2D eigenvalue weighted by Gasteiger charge is 2.20. The third kappa shape index (κ3) is 3.20. The molecule has 0 saturated carbocycles. The molecule has 0 aliphatic rings. The number of nitrogen functional groups attached to an aromatic ring is 1. The predicted octanol–water partition coefficient (Wildman–Crippen LogP) is 3.65. The van der Waals surface area contributed by atoms with Crippen LogP contribution in [-0.4, -0.2) is 8.42 Å². The second-order valence-electron chi connectivity index (χ2n) is 4.01. The maximum Gasteiger partial charge on any atom is 0.262 e. The van der Waals surface area contributed by atoms with Crippen LogP contribution in [0, 0.1) is 11.6 Å². The first kappa shape index (κ1) is 15.8. The average Bonchev–Trinajstić information content (AvgIpc) is 2.40. The van der Waals surface area contributed by atoms with Gasteiger partial charge in [-0.05, 0) is 24.3 Å². The summed E-state index contributed by atoms with van der Waals surface area (Å²) in [6, 6.07) is 5.23. The Morgan fingerprint density at radius 2 is 1.67 bits per heavy atom. The lowest BCUT2D eigenvalue weighted by atomic mass is 10.3. The van der Waals surface area contributed by atoms with Gasteiger partial charge in [-0.15, -0.1) is 0 Å². The van der Waals surface area contributed by atoms with Crippen LogP contribution >= 0.6 is 23.2 Å². The number of nitrogens with two attached hydrogens (primary N) is 1. The molecule has 0 radical (unpaired) electrons. The maximum absolute atomic E-state index is 13.5.